The third-order valence-electron chi connectivity index (χ3n) is 2.54. The highest BCUT2D eigenvalue weighted by Gasteiger charge is 2.04. The van der Waals surface area contributed by atoms with Gasteiger partial charge in [0.2, 0.25) is 0 Å². The summed E-state index contributed by atoms with van der Waals surface area (Å²) in [6.45, 7) is 4.37. The van der Waals surface area contributed by atoms with Crippen LogP contribution in [-0.2, 0) is 0 Å². The zero-order valence-corrected chi connectivity index (χ0v) is 10.6. The molecule has 1 N–H and O–H groups in total. The molecule has 0 saturated heterocycles. The molecule has 17 heavy (non-hydrogen) atoms. The molecule has 0 fully saturated rings. The molecule has 0 spiro atoms. The third kappa shape index (κ3) is 4.93. The first-order chi connectivity index (χ1) is 8.30. The lowest BCUT2D eigenvalue weighted by atomic mass is 10.2. The summed E-state index contributed by atoms with van der Waals surface area (Å²) >= 11 is 0. The third-order valence-corrected chi connectivity index (χ3v) is 2.54. The summed E-state index contributed by atoms with van der Waals surface area (Å²) in [5.41, 5.74) is 0.954. The molecule has 0 saturated carbocycles. The predicted molar refractivity (Wildman–Crippen MR) is 70.0 cm³/mol. The quantitative estimate of drug-likeness (QED) is 0.791. The van der Waals surface area contributed by atoms with Gasteiger partial charge >= 0.3 is 0 Å². The van der Waals surface area contributed by atoms with Crippen molar-refractivity contribution in [2.45, 2.75) is 39.2 Å². The Morgan fingerprint density at radius 3 is 2.35 bits per heavy atom. The molecule has 0 aromatic heterocycles. The van der Waals surface area contributed by atoms with E-state index in [0.717, 1.165) is 24.2 Å². The van der Waals surface area contributed by atoms with Gasteiger partial charge < -0.3 is 9.84 Å². The van der Waals surface area contributed by atoms with E-state index in [2.05, 4.69) is 25.7 Å². The minimum Gasteiger partial charge on any atom is -0.490 e. The first kappa shape index (κ1) is 13.6. The molecule has 92 valence electrons. The van der Waals surface area contributed by atoms with E-state index in [4.69, 9.17) is 9.84 Å². The topological polar surface area (TPSA) is 29.5 Å². The molecule has 2 nitrogen and oxygen atoms in total. The molecule has 0 aliphatic heterocycles. The number of hydrogen-bond acceptors (Lipinski definition) is 2. The second-order valence-electron chi connectivity index (χ2n) is 3.86. The molecule has 0 radical (unpaired) electrons. The number of benzene rings is 1. The van der Waals surface area contributed by atoms with Crippen LogP contribution in [0.4, 0.5) is 0 Å². The maximum absolute atomic E-state index is 8.62. The minimum absolute atomic E-state index is 0.114. The average Bonchev–Trinajstić information content (AvgIpc) is 2.38. The zero-order valence-electron chi connectivity index (χ0n) is 10.6. The summed E-state index contributed by atoms with van der Waals surface area (Å²) in [5, 5.41) is 8.62. The molecule has 0 unspecified atom stereocenters. The average molecular weight is 232 g/mol. The summed E-state index contributed by atoms with van der Waals surface area (Å²) in [4.78, 5) is 0. The summed E-state index contributed by atoms with van der Waals surface area (Å²) < 4.78 is 5.81. The molecule has 0 aliphatic rings. The van der Waals surface area contributed by atoms with Crippen molar-refractivity contribution in [1.82, 2.24) is 0 Å². The number of ether oxygens (including phenoxy) is 1. The molecular weight excluding hydrogens is 212 g/mol. The molecule has 0 amide bonds. The molecule has 2 heteroatoms. The highest BCUT2D eigenvalue weighted by Crippen LogP contribution is 2.15. The molecule has 0 bridgehead atoms. The van der Waals surface area contributed by atoms with Crippen molar-refractivity contribution in [3.8, 4) is 17.6 Å². The van der Waals surface area contributed by atoms with Crippen LogP contribution in [0.1, 0.15) is 38.7 Å². The SMILES string of the molecule is CCC(CC)Oc1ccc(C#CCCO)cc1. The smallest absolute Gasteiger partial charge is 0.119 e. The van der Waals surface area contributed by atoms with Crippen LogP contribution in [0, 0.1) is 11.8 Å². The number of aliphatic hydroxyl groups is 1. The van der Waals surface area contributed by atoms with Gasteiger partial charge in [0.05, 0.1) is 12.7 Å². The van der Waals surface area contributed by atoms with E-state index in [1.807, 2.05) is 24.3 Å². The van der Waals surface area contributed by atoms with Gasteiger partial charge in [-0.3, -0.25) is 0 Å². The summed E-state index contributed by atoms with van der Waals surface area (Å²) in [6.07, 6.45) is 2.86. The number of rotatable bonds is 5. The number of aliphatic hydroxyl groups excluding tert-OH is 1. The van der Waals surface area contributed by atoms with Gasteiger partial charge in [-0.15, -0.1) is 0 Å². The van der Waals surface area contributed by atoms with E-state index in [-0.39, 0.29) is 6.61 Å². The van der Waals surface area contributed by atoms with Gasteiger partial charge in [0.25, 0.3) is 0 Å². The van der Waals surface area contributed by atoms with Crippen molar-refractivity contribution in [3.63, 3.8) is 0 Å². The van der Waals surface area contributed by atoms with Crippen molar-refractivity contribution in [2.75, 3.05) is 6.61 Å². The van der Waals surface area contributed by atoms with Crippen LogP contribution in [0.2, 0.25) is 0 Å². The molecular formula is C15H20O2. The monoisotopic (exact) mass is 232 g/mol. The largest absolute Gasteiger partial charge is 0.490 e. The Kier molecular flexibility index (Phi) is 6.21. The second kappa shape index (κ2) is 7.76. The zero-order chi connectivity index (χ0) is 12.5. The van der Waals surface area contributed by atoms with Gasteiger partial charge in [-0.05, 0) is 37.1 Å². The van der Waals surface area contributed by atoms with Gasteiger partial charge in [0.1, 0.15) is 5.75 Å². The molecule has 1 rings (SSSR count). The maximum atomic E-state index is 8.62. The molecule has 1 aromatic carbocycles. The lowest BCUT2D eigenvalue weighted by Crippen LogP contribution is -2.13. The van der Waals surface area contributed by atoms with Crippen molar-refractivity contribution in [3.05, 3.63) is 29.8 Å². The fraction of sp³-hybridized carbons (Fsp3) is 0.467. The van der Waals surface area contributed by atoms with Gasteiger partial charge in [-0.2, -0.15) is 0 Å². The van der Waals surface area contributed by atoms with Crippen LogP contribution in [0.15, 0.2) is 24.3 Å². The fourth-order valence-corrected chi connectivity index (χ4v) is 1.49. The van der Waals surface area contributed by atoms with Gasteiger partial charge in [0, 0.05) is 12.0 Å². The van der Waals surface area contributed by atoms with E-state index in [1.165, 1.54) is 0 Å². The fourth-order valence-electron chi connectivity index (χ4n) is 1.49. The molecule has 0 heterocycles. The Morgan fingerprint density at radius 2 is 1.82 bits per heavy atom. The lowest BCUT2D eigenvalue weighted by molar-refractivity contribution is 0.193. The van der Waals surface area contributed by atoms with E-state index >= 15 is 0 Å². The minimum atomic E-state index is 0.114. The van der Waals surface area contributed by atoms with Crippen LogP contribution in [0.5, 0.6) is 5.75 Å². The van der Waals surface area contributed by atoms with Crippen molar-refractivity contribution in [2.24, 2.45) is 0 Å². The van der Waals surface area contributed by atoms with Crippen molar-refractivity contribution >= 4 is 0 Å². The van der Waals surface area contributed by atoms with Crippen LogP contribution in [-0.4, -0.2) is 17.8 Å². The molecule has 0 aliphatic carbocycles. The highest BCUT2D eigenvalue weighted by atomic mass is 16.5. The Labute approximate surface area is 104 Å². The van der Waals surface area contributed by atoms with Crippen LogP contribution in [0.3, 0.4) is 0 Å². The van der Waals surface area contributed by atoms with E-state index in [1.54, 1.807) is 0 Å². The van der Waals surface area contributed by atoms with E-state index < -0.39 is 0 Å². The molecule has 0 atom stereocenters. The highest BCUT2D eigenvalue weighted by molar-refractivity contribution is 5.38. The van der Waals surface area contributed by atoms with Crippen molar-refractivity contribution in [1.29, 1.82) is 0 Å². The Bertz CT molecular complexity index is 366. The van der Waals surface area contributed by atoms with Crippen LogP contribution < -0.4 is 4.74 Å². The first-order valence-corrected chi connectivity index (χ1v) is 6.16. The number of hydrogen-bond donors (Lipinski definition) is 1. The van der Waals surface area contributed by atoms with Gasteiger partial charge in [-0.1, -0.05) is 25.7 Å². The summed E-state index contributed by atoms with van der Waals surface area (Å²) in [5.74, 6) is 6.78. The van der Waals surface area contributed by atoms with Crippen molar-refractivity contribution < 1.29 is 9.84 Å². The van der Waals surface area contributed by atoms with E-state index in [0.29, 0.717) is 12.5 Å². The Morgan fingerprint density at radius 1 is 1.18 bits per heavy atom. The summed E-state index contributed by atoms with van der Waals surface area (Å²) in [6, 6.07) is 7.78. The van der Waals surface area contributed by atoms with Gasteiger partial charge in [-0.25, -0.2) is 0 Å². The second-order valence-corrected chi connectivity index (χ2v) is 3.86. The maximum Gasteiger partial charge on any atom is 0.119 e. The van der Waals surface area contributed by atoms with E-state index in [9.17, 15) is 0 Å². The Balaban J connectivity index is 2.59. The Hall–Kier alpha value is -1.46. The van der Waals surface area contributed by atoms with Crippen LogP contribution in [0.25, 0.3) is 0 Å². The standard InChI is InChI=1S/C15H20O2/c1-3-14(4-2)17-15-10-8-13(9-11-15)7-5-6-12-16/h8-11,14,16H,3-4,6,12H2,1-2H3. The first-order valence-electron chi connectivity index (χ1n) is 6.16. The van der Waals surface area contributed by atoms with Gasteiger partial charge in [0.15, 0.2) is 0 Å². The lowest BCUT2D eigenvalue weighted by Gasteiger charge is -2.15. The molecule has 1 aromatic rings. The summed E-state index contributed by atoms with van der Waals surface area (Å²) in [7, 11) is 0. The predicted octanol–water partition coefficient (Wildman–Crippen LogP) is 2.99. The normalized spacial score (nSPS) is 9.88. The van der Waals surface area contributed by atoms with Crippen LogP contribution >= 0.6 is 0 Å².